The highest BCUT2D eigenvalue weighted by atomic mass is 16.5. The number of esters is 2. The van der Waals surface area contributed by atoms with Gasteiger partial charge in [-0.05, 0) is 82.3 Å². The monoisotopic (exact) mass is 640 g/mol. The van der Waals surface area contributed by atoms with Crippen LogP contribution in [0.1, 0.15) is 174 Å². The van der Waals surface area contributed by atoms with Gasteiger partial charge in [-0.3, -0.25) is 9.59 Å². The first-order chi connectivity index (χ1) is 23.2. The predicted molar refractivity (Wildman–Crippen MR) is 184 cm³/mol. The van der Waals surface area contributed by atoms with Crippen LogP contribution in [0.2, 0.25) is 0 Å². The van der Waals surface area contributed by atoms with Crippen LogP contribution in [0.4, 0.5) is 0 Å². The van der Waals surface area contributed by atoms with Gasteiger partial charge < -0.3 is 9.47 Å². The third-order valence-electron chi connectivity index (χ3n) is 11.1. The molecular weight excluding hydrogens is 600 g/mol. The standard InChI is InChI=1S/C42H40O6/c1-7-23-21-11-13-27-29(15-21)25(9-3)34-18-32(38(42(46)48-6)20-36(34)39(27)43)24(8-2)22-12-14-28-30(16-22)26(10-4)33-17-31(23)37(41(45)47-5)19-35(33)40(28)44/h11-20,23-26H,7-10H2,1-6H3. The Bertz CT molecular complexity index is 1900. The number of ketones is 2. The molecule has 4 aromatic carbocycles. The fourth-order valence-corrected chi connectivity index (χ4v) is 8.75. The van der Waals surface area contributed by atoms with Crippen LogP contribution in [0.15, 0.2) is 60.7 Å². The van der Waals surface area contributed by atoms with Crippen molar-refractivity contribution in [3.63, 3.8) is 0 Å². The molecule has 0 N–H and O–H groups in total. The second-order valence-electron chi connectivity index (χ2n) is 13.2. The second-order valence-corrected chi connectivity index (χ2v) is 13.2. The van der Waals surface area contributed by atoms with Gasteiger partial charge in [-0.2, -0.15) is 0 Å². The van der Waals surface area contributed by atoms with Crippen molar-refractivity contribution in [1.82, 2.24) is 0 Å². The van der Waals surface area contributed by atoms with Crippen molar-refractivity contribution < 1.29 is 28.7 Å². The number of fused-ring (bicyclic) bond motifs is 4. The number of carbonyl (C=O) groups is 4. The first-order valence-electron chi connectivity index (χ1n) is 17.1. The molecule has 3 aliphatic rings. The maximum atomic E-state index is 14.2. The van der Waals surface area contributed by atoms with Crippen LogP contribution in [0, 0.1) is 0 Å². The Kier molecular flexibility index (Phi) is 7.93. The van der Waals surface area contributed by atoms with E-state index in [1.165, 1.54) is 14.2 Å². The first-order valence-corrected chi connectivity index (χ1v) is 17.1. The molecule has 0 aromatic heterocycles. The molecule has 4 unspecified atom stereocenters. The van der Waals surface area contributed by atoms with Crippen molar-refractivity contribution in [2.75, 3.05) is 14.2 Å². The molecular formula is C42H40O6. The van der Waals surface area contributed by atoms with Gasteiger partial charge in [0, 0.05) is 45.9 Å². The molecule has 4 aromatic rings. The van der Waals surface area contributed by atoms with Crippen LogP contribution in [-0.2, 0) is 9.47 Å². The van der Waals surface area contributed by atoms with E-state index in [0.29, 0.717) is 46.2 Å². The van der Waals surface area contributed by atoms with E-state index >= 15 is 0 Å². The average Bonchev–Trinajstić information content (AvgIpc) is 3.11. The number of hydrogen-bond donors (Lipinski definition) is 0. The fourth-order valence-electron chi connectivity index (χ4n) is 8.75. The second kappa shape index (κ2) is 12.0. The molecule has 0 radical (unpaired) electrons. The SMILES string of the molecule is CCC1c2ccc3c(c2)C(CC)c2cc(c(C(=O)OC)cc2C3=O)C(CC)c2ccc3c(c2)C(CC)c2cc1c(C(=O)OC)cc2C3=O. The molecule has 6 nitrogen and oxygen atoms in total. The van der Waals surface area contributed by atoms with Crippen molar-refractivity contribution in [2.45, 2.75) is 77.0 Å². The lowest BCUT2D eigenvalue weighted by atomic mass is 9.70. The number of ether oxygens (including phenoxy) is 2. The summed E-state index contributed by atoms with van der Waals surface area (Å²) in [6.45, 7) is 8.44. The minimum absolute atomic E-state index is 0.0713. The predicted octanol–water partition coefficient (Wildman–Crippen LogP) is 8.83. The molecule has 7 rings (SSSR count). The molecule has 0 heterocycles. The molecule has 0 saturated carbocycles. The van der Waals surface area contributed by atoms with Gasteiger partial charge in [-0.1, -0.05) is 76.2 Å². The molecule has 244 valence electrons. The Morgan fingerprint density at radius 3 is 1.17 bits per heavy atom. The Labute approximate surface area is 281 Å². The van der Waals surface area contributed by atoms with Gasteiger partial charge in [0.15, 0.2) is 11.6 Å². The number of hydrogen-bond acceptors (Lipinski definition) is 6. The van der Waals surface area contributed by atoms with Gasteiger partial charge in [-0.25, -0.2) is 9.59 Å². The molecule has 3 aliphatic carbocycles. The highest BCUT2D eigenvalue weighted by Crippen LogP contribution is 2.47. The maximum Gasteiger partial charge on any atom is 0.338 e. The molecule has 0 aliphatic heterocycles. The summed E-state index contributed by atoms with van der Waals surface area (Å²) >= 11 is 0. The van der Waals surface area contributed by atoms with Crippen LogP contribution in [0.5, 0.6) is 0 Å². The third-order valence-corrected chi connectivity index (χ3v) is 11.1. The quantitative estimate of drug-likeness (QED) is 0.196. The summed E-state index contributed by atoms with van der Waals surface area (Å²) in [6.07, 6.45) is 2.90. The van der Waals surface area contributed by atoms with Crippen molar-refractivity contribution in [2.24, 2.45) is 0 Å². The smallest absolute Gasteiger partial charge is 0.338 e. The Morgan fingerprint density at radius 1 is 0.479 bits per heavy atom. The number of methoxy groups -OCH3 is 2. The van der Waals surface area contributed by atoms with Crippen molar-refractivity contribution in [3.05, 3.63) is 139 Å². The highest BCUT2D eigenvalue weighted by molar-refractivity contribution is 6.15. The molecule has 48 heavy (non-hydrogen) atoms. The van der Waals surface area contributed by atoms with E-state index < -0.39 is 11.9 Å². The summed E-state index contributed by atoms with van der Waals surface area (Å²) in [5, 5.41) is 0. The summed E-state index contributed by atoms with van der Waals surface area (Å²) in [5.74, 6) is -1.68. The fraction of sp³-hybridized carbons (Fsp3) is 0.333. The van der Waals surface area contributed by atoms with E-state index in [1.807, 2.05) is 24.3 Å². The minimum atomic E-state index is -0.476. The number of rotatable bonds is 6. The highest BCUT2D eigenvalue weighted by Gasteiger charge is 2.37. The van der Waals surface area contributed by atoms with Crippen molar-refractivity contribution in [1.29, 1.82) is 0 Å². The van der Waals surface area contributed by atoms with E-state index in [-0.39, 0.29) is 35.2 Å². The van der Waals surface area contributed by atoms with Crippen LogP contribution in [0.25, 0.3) is 0 Å². The summed E-state index contributed by atoms with van der Waals surface area (Å²) in [4.78, 5) is 55.2. The van der Waals surface area contributed by atoms with Gasteiger partial charge in [0.05, 0.1) is 25.3 Å². The van der Waals surface area contributed by atoms with E-state index in [0.717, 1.165) is 57.3 Å². The van der Waals surface area contributed by atoms with Crippen LogP contribution < -0.4 is 0 Å². The zero-order valence-electron chi connectivity index (χ0n) is 28.4. The lowest BCUT2D eigenvalue weighted by molar-refractivity contribution is 0.0590. The van der Waals surface area contributed by atoms with Gasteiger partial charge in [-0.15, -0.1) is 0 Å². The maximum absolute atomic E-state index is 14.2. The zero-order valence-corrected chi connectivity index (χ0v) is 28.4. The van der Waals surface area contributed by atoms with E-state index in [4.69, 9.17) is 9.47 Å². The summed E-state index contributed by atoms with van der Waals surface area (Å²) in [5.41, 5.74) is 10.5. The number of carbonyl (C=O) groups excluding carboxylic acids is 4. The van der Waals surface area contributed by atoms with Crippen molar-refractivity contribution >= 4 is 23.5 Å². The third kappa shape index (κ3) is 4.52. The molecule has 0 saturated heterocycles. The minimum Gasteiger partial charge on any atom is -0.465 e. The van der Waals surface area contributed by atoms with Crippen LogP contribution in [-0.4, -0.2) is 37.7 Å². The lowest BCUT2D eigenvalue weighted by Crippen LogP contribution is -2.24. The molecule has 0 spiro atoms. The van der Waals surface area contributed by atoms with E-state index in [9.17, 15) is 19.2 Å². The van der Waals surface area contributed by atoms with Gasteiger partial charge in [0.2, 0.25) is 0 Å². The number of benzene rings is 4. The summed E-state index contributed by atoms with van der Waals surface area (Å²) in [6, 6.07) is 19.7. The lowest BCUT2D eigenvalue weighted by Gasteiger charge is -2.33. The van der Waals surface area contributed by atoms with E-state index in [2.05, 4.69) is 52.0 Å². The van der Waals surface area contributed by atoms with Crippen LogP contribution in [0.3, 0.4) is 0 Å². The topological polar surface area (TPSA) is 86.7 Å². The molecule has 0 fully saturated rings. The Morgan fingerprint density at radius 2 is 0.833 bits per heavy atom. The van der Waals surface area contributed by atoms with Crippen molar-refractivity contribution in [3.8, 4) is 0 Å². The summed E-state index contributed by atoms with van der Waals surface area (Å²) in [7, 11) is 2.74. The van der Waals surface area contributed by atoms with Gasteiger partial charge in [0.1, 0.15) is 0 Å². The molecule has 4 atom stereocenters. The molecule has 8 bridgehead atoms. The largest absolute Gasteiger partial charge is 0.465 e. The normalized spacial score (nSPS) is 20.0. The molecule has 6 heteroatoms. The Hall–Kier alpha value is -4.84. The Balaban J connectivity index is 1.62. The average molecular weight is 641 g/mol. The first kappa shape index (κ1) is 31.7. The summed E-state index contributed by atoms with van der Waals surface area (Å²) < 4.78 is 10.6. The zero-order chi connectivity index (χ0) is 34.0. The van der Waals surface area contributed by atoms with Gasteiger partial charge >= 0.3 is 11.9 Å². The molecule has 0 amide bonds. The van der Waals surface area contributed by atoms with Crippen LogP contribution >= 0.6 is 0 Å². The van der Waals surface area contributed by atoms with E-state index in [1.54, 1.807) is 12.1 Å². The van der Waals surface area contributed by atoms with Gasteiger partial charge in [0.25, 0.3) is 0 Å².